The number of nitrogens with one attached hydrogen (secondary N) is 3. The Morgan fingerprint density at radius 2 is 1.66 bits per heavy atom. The van der Waals surface area contributed by atoms with Crippen molar-refractivity contribution < 1.29 is 23.9 Å². The number of rotatable bonds is 12. The van der Waals surface area contributed by atoms with E-state index in [1.165, 1.54) is 49.0 Å². The van der Waals surface area contributed by atoms with Gasteiger partial charge in [-0.15, -0.1) is 23.1 Å². The number of hydrogen-bond acceptors (Lipinski definition) is 8. The number of amides is 3. The van der Waals surface area contributed by atoms with Crippen molar-refractivity contribution in [1.82, 2.24) is 10.3 Å². The van der Waals surface area contributed by atoms with Crippen LogP contribution in [0, 0.1) is 6.92 Å². The van der Waals surface area contributed by atoms with E-state index in [4.69, 9.17) is 9.47 Å². The molecule has 1 aromatic heterocycles. The van der Waals surface area contributed by atoms with Crippen molar-refractivity contribution in [1.29, 1.82) is 0 Å². The van der Waals surface area contributed by atoms with Crippen LogP contribution in [0.5, 0.6) is 11.5 Å². The number of thiazole rings is 1. The molecule has 3 N–H and O–H groups in total. The number of aromatic nitrogens is 1. The zero-order chi connectivity index (χ0) is 33.2. The molecule has 0 saturated heterocycles. The van der Waals surface area contributed by atoms with Crippen LogP contribution in [0.1, 0.15) is 21.5 Å². The summed E-state index contributed by atoms with van der Waals surface area (Å²) in [6, 6.07) is 28.9. The van der Waals surface area contributed by atoms with Crippen LogP contribution in [0.25, 0.3) is 17.3 Å². The van der Waals surface area contributed by atoms with Gasteiger partial charge in [-0.05, 0) is 61.5 Å². The minimum Gasteiger partial charge on any atom is -0.497 e. The molecule has 0 aliphatic carbocycles. The summed E-state index contributed by atoms with van der Waals surface area (Å²) in [7, 11) is 3.06. The van der Waals surface area contributed by atoms with Gasteiger partial charge in [-0.1, -0.05) is 54.1 Å². The molecule has 0 saturated carbocycles. The van der Waals surface area contributed by atoms with E-state index in [1.54, 1.807) is 66.7 Å². The quantitative estimate of drug-likeness (QED) is 0.0948. The highest BCUT2D eigenvalue weighted by molar-refractivity contribution is 8.00. The summed E-state index contributed by atoms with van der Waals surface area (Å²) >= 11 is 2.69. The van der Waals surface area contributed by atoms with Gasteiger partial charge in [-0.3, -0.25) is 14.4 Å². The van der Waals surface area contributed by atoms with Gasteiger partial charge in [0.05, 0.1) is 25.7 Å². The number of thioether (sulfide) groups is 1. The summed E-state index contributed by atoms with van der Waals surface area (Å²) in [6.45, 7) is 2.03. The second-order valence-electron chi connectivity index (χ2n) is 10.2. The van der Waals surface area contributed by atoms with E-state index >= 15 is 0 Å². The topological polar surface area (TPSA) is 119 Å². The highest BCUT2D eigenvalue weighted by atomic mass is 32.2. The third-order valence-corrected chi connectivity index (χ3v) is 8.58. The van der Waals surface area contributed by atoms with E-state index in [0.717, 1.165) is 16.2 Å². The number of anilines is 2. The second kappa shape index (κ2) is 15.7. The van der Waals surface area contributed by atoms with Crippen LogP contribution < -0.4 is 25.4 Å². The summed E-state index contributed by atoms with van der Waals surface area (Å²) < 4.78 is 10.8. The maximum atomic E-state index is 13.6. The van der Waals surface area contributed by atoms with E-state index in [9.17, 15) is 14.4 Å². The van der Waals surface area contributed by atoms with Gasteiger partial charge in [0.25, 0.3) is 11.8 Å². The van der Waals surface area contributed by atoms with Crippen molar-refractivity contribution in [3.63, 3.8) is 0 Å². The van der Waals surface area contributed by atoms with Crippen molar-refractivity contribution >= 4 is 57.7 Å². The fourth-order valence-electron chi connectivity index (χ4n) is 4.40. The minimum absolute atomic E-state index is 0.00343. The maximum Gasteiger partial charge on any atom is 0.272 e. The smallest absolute Gasteiger partial charge is 0.272 e. The fourth-order valence-corrected chi connectivity index (χ4v) is 5.90. The number of hydrogen-bond donors (Lipinski definition) is 3. The molecule has 0 bridgehead atoms. The standard InChI is InChI=1S/C36H32N4O5S2/c1-23-12-14-24(15-13-23)31-21-47-36(39-31)40-33(41)22-46-29-11-7-10-27(20-29)37-35(43)30(38-34(42)25-8-5-4-6-9-25)19-26-18-28(44-2)16-17-32(26)45-3/h4-21H,22H2,1-3H3,(H,37,43)(H,38,42)(H,39,40,41)/b30-19+. The number of methoxy groups -OCH3 is 2. The van der Waals surface area contributed by atoms with Crippen LogP contribution in [-0.4, -0.2) is 42.7 Å². The van der Waals surface area contributed by atoms with Gasteiger partial charge in [-0.25, -0.2) is 4.98 Å². The average Bonchev–Trinajstić information content (AvgIpc) is 3.56. The lowest BCUT2D eigenvalue weighted by Gasteiger charge is -2.13. The van der Waals surface area contributed by atoms with Crippen molar-refractivity contribution in [3.05, 3.63) is 125 Å². The molecule has 238 valence electrons. The number of benzene rings is 4. The number of carbonyl (C=O) groups excluding carboxylic acids is 3. The molecule has 47 heavy (non-hydrogen) atoms. The van der Waals surface area contributed by atoms with Crippen LogP contribution in [0.3, 0.4) is 0 Å². The number of carbonyl (C=O) groups is 3. The first-order chi connectivity index (χ1) is 22.8. The Bertz CT molecular complexity index is 1910. The molecular formula is C36H32N4O5S2. The molecular weight excluding hydrogens is 633 g/mol. The van der Waals surface area contributed by atoms with Gasteiger partial charge in [0.2, 0.25) is 5.91 Å². The third kappa shape index (κ3) is 9.09. The zero-order valence-electron chi connectivity index (χ0n) is 25.9. The molecule has 0 aliphatic rings. The summed E-state index contributed by atoms with van der Waals surface area (Å²) in [4.78, 5) is 44.7. The molecule has 1 heterocycles. The Labute approximate surface area is 281 Å². The average molecular weight is 665 g/mol. The number of ether oxygens (including phenoxy) is 2. The molecule has 0 aliphatic heterocycles. The Kier molecular flexibility index (Phi) is 11.1. The molecule has 0 spiro atoms. The molecule has 0 unspecified atom stereocenters. The first-order valence-corrected chi connectivity index (χ1v) is 16.3. The summed E-state index contributed by atoms with van der Waals surface area (Å²) in [5.41, 5.74) is 4.37. The van der Waals surface area contributed by atoms with E-state index in [1.807, 2.05) is 42.6 Å². The van der Waals surface area contributed by atoms with E-state index in [0.29, 0.717) is 33.4 Å². The van der Waals surface area contributed by atoms with Gasteiger partial charge >= 0.3 is 0 Å². The summed E-state index contributed by atoms with van der Waals surface area (Å²) in [5, 5.41) is 10.9. The van der Waals surface area contributed by atoms with Crippen molar-refractivity contribution in [2.75, 3.05) is 30.6 Å². The van der Waals surface area contributed by atoms with Gasteiger partial charge < -0.3 is 25.4 Å². The van der Waals surface area contributed by atoms with Crippen LogP contribution >= 0.6 is 23.1 Å². The predicted octanol–water partition coefficient (Wildman–Crippen LogP) is 7.28. The van der Waals surface area contributed by atoms with Gasteiger partial charge in [0, 0.05) is 32.7 Å². The number of aryl methyl sites for hydroxylation is 1. The molecule has 0 radical (unpaired) electrons. The lowest BCUT2D eigenvalue weighted by atomic mass is 10.1. The molecule has 4 aromatic carbocycles. The monoisotopic (exact) mass is 664 g/mol. The fraction of sp³-hybridized carbons (Fsp3) is 0.111. The molecule has 0 fully saturated rings. The van der Waals surface area contributed by atoms with Gasteiger partial charge in [0.1, 0.15) is 17.2 Å². The highest BCUT2D eigenvalue weighted by Crippen LogP contribution is 2.28. The molecule has 5 rings (SSSR count). The van der Waals surface area contributed by atoms with Crippen LogP contribution in [0.15, 0.2) is 113 Å². The molecule has 0 atom stereocenters. The normalized spacial score (nSPS) is 11.0. The Hall–Kier alpha value is -5.39. The first-order valence-electron chi connectivity index (χ1n) is 14.5. The molecule has 3 amide bonds. The van der Waals surface area contributed by atoms with E-state index in [2.05, 4.69) is 20.9 Å². The summed E-state index contributed by atoms with van der Waals surface area (Å²) in [6.07, 6.45) is 1.53. The molecule has 11 heteroatoms. The van der Waals surface area contributed by atoms with Crippen molar-refractivity contribution in [2.45, 2.75) is 11.8 Å². The third-order valence-electron chi connectivity index (χ3n) is 6.83. The minimum atomic E-state index is -0.549. The lowest BCUT2D eigenvalue weighted by Crippen LogP contribution is -2.30. The van der Waals surface area contributed by atoms with Crippen LogP contribution in [0.2, 0.25) is 0 Å². The lowest BCUT2D eigenvalue weighted by molar-refractivity contribution is -0.114. The van der Waals surface area contributed by atoms with Gasteiger partial charge in [0.15, 0.2) is 5.13 Å². The second-order valence-corrected chi connectivity index (χ2v) is 12.1. The largest absolute Gasteiger partial charge is 0.497 e. The van der Waals surface area contributed by atoms with Crippen molar-refractivity contribution in [3.8, 4) is 22.8 Å². The maximum absolute atomic E-state index is 13.6. The molecule has 9 nitrogen and oxygen atoms in total. The Morgan fingerprint density at radius 1 is 0.872 bits per heavy atom. The summed E-state index contributed by atoms with van der Waals surface area (Å²) in [5.74, 6) is -0.00425. The van der Waals surface area contributed by atoms with Crippen molar-refractivity contribution in [2.24, 2.45) is 0 Å². The Balaban J connectivity index is 1.27. The Morgan fingerprint density at radius 3 is 2.40 bits per heavy atom. The molecule has 5 aromatic rings. The van der Waals surface area contributed by atoms with Crippen LogP contribution in [-0.2, 0) is 9.59 Å². The van der Waals surface area contributed by atoms with Gasteiger partial charge in [-0.2, -0.15) is 0 Å². The van der Waals surface area contributed by atoms with Crippen LogP contribution in [0.4, 0.5) is 10.8 Å². The highest BCUT2D eigenvalue weighted by Gasteiger charge is 2.17. The number of nitrogens with zero attached hydrogens (tertiary/aromatic N) is 1. The van der Waals surface area contributed by atoms with E-state index in [-0.39, 0.29) is 17.4 Å². The zero-order valence-corrected chi connectivity index (χ0v) is 27.5. The predicted molar refractivity (Wildman–Crippen MR) is 188 cm³/mol. The van der Waals surface area contributed by atoms with E-state index < -0.39 is 11.8 Å². The first kappa shape index (κ1) is 33.0. The SMILES string of the molecule is COc1ccc(OC)c(/C=C(/NC(=O)c2ccccc2)C(=O)Nc2cccc(SCC(=O)Nc3nc(-c4ccc(C)cc4)cs3)c2)c1.